The third kappa shape index (κ3) is 5.12. The van der Waals surface area contributed by atoms with Crippen molar-refractivity contribution in [2.45, 2.75) is 31.8 Å². The maximum atomic E-state index is 11.6. The summed E-state index contributed by atoms with van der Waals surface area (Å²) in [7, 11) is -3.16. The van der Waals surface area contributed by atoms with E-state index in [1.165, 1.54) is 24.2 Å². The van der Waals surface area contributed by atoms with Crippen molar-refractivity contribution in [3.05, 3.63) is 16.6 Å². The summed E-state index contributed by atoms with van der Waals surface area (Å²) < 4.78 is 25.8. The number of thiazole rings is 1. The molecule has 1 aromatic heterocycles. The molecule has 0 unspecified atom stereocenters. The van der Waals surface area contributed by atoms with Gasteiger partial charge in [-0.2, -0.15) is 0 Å². The summed E-state index contributed by atoms with van der Waals surface area (Å²) in [4.78, 5) is 4.03. The summed E-state index contributed by atoms with van der Waals surface area (Å²) in [6.45, 7) is 1.07. The summed E-state index contributed by atoms with van der Waals surface area (Å²) >= 11 is 1.47. The first-order valence-electron chi connectivity index (χ1n) is 5.73. The molecular weight excluding hydrogens is 258 g/mol. The van der Waals surface area contributed by atoms with Gasteiger partial charge in [0.2, 0.25) is 10.0 Å². The average Bonchev–Trinajstić information content (AvgIpc) is 2.96. The molecule has 96 valence electrons. The molecule has 0 amide bonds. The minimum atomic E-state index is -3.16. The molecule has 1 aliphatic carbocycles. The standard InChI is InChI=1S/C10H17N3O2S2/c14-17(15,5-1-4-11-9-2-3-9)13-6-10-7-16-8-12-10/h7-9,11,13H,1-6H2. The van der Waals surface area contributed by atoms with Gasteiger partial charge in [-0.05, 0) is 25.8 Å². The van der Waals surface area contributed by atoms with E-state index in [2.05, 4.69) is 15.0 Å². The van der Waals surface area contributed by atoms with Crippen molar-refractivity contribution in [3.63, 3.8) is 0 Å². The lowest BCUT2D eigenvalue weighted by Gasteiger charge is -2.05. The van der Waals surface area contributed by atoms with Gasteiger partial charge in [-0.3, -0.25) is 0 Å². The highest BCUT2D eigenvalue weighted by Gasteiger charge is 2.20. The van der Waals surface area contributed by atoms with Crippen LogP contribution in [0, 0.1) is 0 Å². The smallest absolute Gasteiger partial charge is 0.211 e. The lowest BCUT2D eigenvalue weighted by molar-refractivity contribution is 0.573. The van der Waals surface area contributed by atoms with Gasteiger partial charge in [-0.1, -0.05) is 0 Å². The van der Waals surface area contributed by atoms with Crippen molar-refractivity contribution in [2.24, 2.45) is 0 Å². The van der Waals surface area contributed by atoms with Gasteiger partial charge in [0.05, 0.1) is 23.5 Å². The highest BCUT2D eigenvalue weighted by atomic mass is 32.2. The van der Waals surface area contributed by atoms with E-state index in [1.54, 1.807) is 5.51 Å². The molecule has 5 nitrogen and oxygen atoms in total. The highest BCUT2D eigenvalue weighted by Crippen LogP contribution is 2.18. The van der Waals surface area contributed by atoms with Crippen LogP contribution in [0.2, 0.25) is 0 Å². The van der Waals surface area contributed by atoms with E-state index in [0.717, 1.165) is 12.2 Å². The summed E-state index contributed by atoms with van der Waals surface area (Å²) in [6.07, 6.45) is 3.12. The molecule has 1 heterocycles. The van der Waals surface area contributed by atoms with Gasteiger partial charge < -0.3 is 5.32 Å². The number of hydrogen-bond donors (Lipinski definition) is 2. The maximum Gasteiger partial charge on any atom is 0.211 e. The van der Waals surface area contributed by atoms with Crippen LogP contribution in [-0.2, 0) is 16.6 Å². The van der Waals surface area contributed by atoms with E-state index >= 15 is 0 Å². The molecule has 0 radical (unpaired) electrons. The van der Waals surface area contributed by atoms with E-state index in [0.29, 0.717) is 19.0 Å². The lowest BCUT2D eigenvalue weighted by Crippen LogP contribution is -2.28. The molecular formula is C10H17N3O2S2. The van der Waals surface area contributed by atoms with Crippen LogP contribution in [0.5, 0.6) is 0 Å². The number of nitrogens with zero attached hydrogens (tertiary/aromatic N) is 1. The van der Waals surface area contributed by atoms with Crippen molar-refractivity contribution in [3.8, 4) is 0 Å². The fourth-order valence-electron chi connectivity index (χ4n) is 1.44. The summed E-state index contributed by atoms with van der Waals surface area (Å²) in [5, 5.41) is 5.14. The van der Waals surface area contributed by atoms with Crippen molar-refractivity contribution >= 4 is 21.4 Å². The Hall–Kier alpha value is -0.500. The van der Waals surface area contributed by atoms with Crippen molar-refractivity contribution in [1.29, 1.82) is 0 Å². The number of aromatic nitrogens is 1. The third-order valence-corrected chi connectivity index (χ3v) is 4.60. The van der Waals surface area contributed by atoms with Crippen molar-refractivity contribution in [2.75, 3.05) is 12.3 Å². The van der Waals surface area contributed by atoms with Gasteiger partial charge >= 0.3 is 0 Å². The second-order valence-electron chi connectivity index (χ2n) is 4.20. The van der Waals surface area contributed by atoms with Crippen LogP contribution in [-0.4, -0.2) is 31.7 Å². The molecule has 2 rings (SSSR count). The Morgan fingerprint density at radius 2 is 2.29 bits per heavy atom. The number of sulfonamides is 1. The zero-order valence-electron chi connectivity index (χ0n) is 9.55. The third-order valence-electron chi connectivity index (χ3n) is 2.56. The molecule has 0 bridgehead atoms. The van der Waals surface area contributed by atoms with E-state index in [9.17, 15) is 8.42 Å². The van der Waals surface area contributed by atoms with Crippen LogP contribution in [0.4, 0.5) is 0 Å². The Morgan fingerprint density at radius 1 is 1.47 bits per heavy atom. The molecule has 0 aliphatic heterocycles. The first-order valence-corrected chi connectivity index (χ1v) is 8.33. The molecule has 0 saturated heterocycles. The Balaban J connectivity index is 1.63. The fourth-order valence-corrected chi connectivity index (χ4v) is 3.03. The van der Waals surface area contributed by atoms with Gasteiger partial charge in [0.15, 0.2) is 0 Å². The van der Waals surface area contributed by atoms with Crippen LogP contribution >= 0.6 is 11.3 Å². The van der Waals surface area contributed by atoms with Gasteiger partial charge in [0, 0.05) is 11.4 Å². The van der Waals surface area contributed by atoms with Gasteiger partial charge in [0.1, 0.15) is 0 Å². The van der Waals surface area contributed by atoms with Gasteiger partial charge in [-0.25, -0.2) is 18.1 Å². The second-order valence-corrected chi connectivity index (χ2v) is 6.85. The fraction of sp³-hybridized carbons (Fsp3) is 0.700. The number of rotatable bonds is 8. The average molecular weight is 275 g/mol. The summed E-state index contributed by atoms with van der Waals surface area (Å²) in [5.74, 6) is 0.177. The zero-order chi connectivity index (χ0) is 12.1. The van der Waals surface area contributed by atoms with E-state index in [1.807, 2.05) is 5.38 Å². The lowest BCUT2D eigenvalue weighted by atomic mass is 10.5. The van der Waals surface area contributed by atoms with Crippen LogP contribution < -0.4 is 10.0 Å². The maximum absolute atomic E-state index is 11.6. The first-order chi connectivity index (χ1) is 8.16. The van der Waals surface area contributed by atoms with E-state index < -0.39 is 10.0 Å². The minimum Gasteiger partial charge on any atom is -0.314 e. The Bertz CT molecular complexity index is 426. The predicted molar refractivity (Wildman–Crippen MR) is 68.4 cm³/mol. The molecule has 2 N–H and O–H groups in total. The SMILES string of the molecule is O=S(=O)(CCCNC1CC1)NCc1cscn1. The largest absolute Gasteiger partial charge is 0.314 e. The Labute approximate surface area is 106 Å². The van der Waals surface area contributed by atoms with Gasteiger partial charge in [-0.15, -0.1) is 11.3 Å². The molecule has 17 heavy (non-hydrogen) atoms. The van der Waals surface area contributed by atoms with Crippen molar-refractivity contribution < 1.29 is 8.42 Å². The quantitative estimate of drug-likeness (QED) is 0.685. The monoisotopic (exact) mass is 275 g/mol. The van der Waals surface area contributed by atoms with Crippen LogP contribution in [0.25, 0.3) is 0 Å². The Kier molecular flexibility index (Phi) is 4.49. The summed E-state index contributed by atoms with van der Waals surface area (Å²) in [6, 6.07) is 0.640. The zero-order valence-corrected chi connectivity index (χ0v) is 11.2. The van der Waals surface area contributed by atoms with Crippen molar-refractivity contribution in [1.82, 2.24) is 15.0 Å². The first kappa shape index (κ1) is 12.9. The number of nitrogens with one attached hydrogen (secondary N) is 2. The molecule has 0 atom stereocenters. The van der Waals surface area contributed by atoms with E-state index in [4.69, 9.17) is 0 Å². The van der Waals surface area contributed by atoms with Gasteiger partial charge in [0.25, 0.3) is 0 Å². The second kappa shape index (κ2) is 5.90. The molecule has 0 aromatic carbocycles. The topological polar surface area (TPSA) is 71.1 Å². The number of hydrogen-bond acceptors (Lipinski definition) is 5. The Morgan fingerprint density at radius 3 is 2.94 bits per heavy atom. The van der Waals surface area contributed by atoms with E-state index in [-0.39, 0.29) is 5.75 Å². The molecule has 7 heteroatoms. The van der Waals surface area contributed by atoms with Crippen LogP contribution in [0.3, 0.4) is 0 Å². The molecule has 1 saturated carbocycles. The normalized spacial score (nSPS) is 16.2. The molecule has 1 aromatic rings. The predicted octanol–water partition coefficient (Wildman–Crippen LogP) is 0.705. The highest BCUT2D eigenvalue weighted by molar-refractivity contribution is 7.89. The minimum absolute atomic E-state index is 0.177. The van der Waals surface area contributed by atoms with Crippen LogP contribution in [0.1, 0.15) is 25.0 Å². The molecule has 1 fully saturated rings. The molecule has 0 spiro atoms. The van der Waals surface area contributed by atoms with Crippen LogP contribution in [0.15, 0.2) is 10.9 Å². The summed E-state index contributed by atoms with van der Waals surface area (Å²) in [5.41, 5.74) is 2.47. The molecule has 1 aliphatic rings.